The molecule has 0 unspecified atom stereocenters. The number of hydrogen-bond donors (Lipinski definition) is 2. The molecule has 2 N–H and O–H groups in total. The lowest BCUT2D eigenvalue weighted by atomic mass is 10.0. The van der Waals surface area contributed by atoms with Gasteiger partial charge in [0.05, 0.1) is 5.69 Å². The van der Waals surface area contributed by atoms with Gasteiger partial charge in [0.15, 0.2) is 0 Å². The first kappa shape index (κ1) is 14.9. The zero-order valence-corrected chi connectivity index (χ0v) is 12.4. The van der Waals surface area contributed by atoms with Gasteiger partial charge in [-0.25, -0.2) is 4.79 Å². The van der Waals surface area contributed by atoms with E-state index in [1.165, 1.54) is 0 Å². The van der Waals surface area contributed by atoms with Gasteiger partial charge in [-0.1, -0.05) is 36.4 Å². The minimum Gasteiger partial charge on any atom is -0.507 e. The van der Waals surface area contributed by atoms with Crippen molar-refractivity contribution in [3.05, 3.63) is 58.7 Å². The second kappa shape index (κ2) is 6.31. The number of phenolic OH excluding ortho intramolecular Hbond substituents is 1. The van der Waals surface area contributed by atoms with E-state index in [0.717, 1.165) is 16.7 Å². The molecule has 0 spiro atoms. The third-order valence-electron chi connectivity index (χ3n) is 3.37. The van der Waals surface area contributed by atoms with Gasteiger partial charge in [0.1, 0.15) is 12.4 Å². The average molecular weight is 285 g/mol. The minimum absolute atomic E-state index is 0.193. The number of aromatic hydroxyl groups is 1. The second-order valence-electron chi connectivity index (χ2n) is 5.05. The Morgan fingerprint density at radius 2 is 1.81 bits per heavy atom. The Balaban J connectivity index is 2.05. The topological polar surface area (TPSA) is 58.6 Å². The Bertz CT molecular complexity index is 651. The fraction of sp³-hybridized carbons (Fsp3) is 0.235. The van der Waals surface area contributed by atoms with E-state index in [9.17, 15) is 9.90 Å². The van der Waals surface area contributed by atoms with E-state index >= 15 is 0 Å². The first-order valence-corrected chi connectivity index (χ1v) is 6.76. The maximum absolute atomic E-state index is 11.9. The van der Waals surface area contributed by atoms with Crippen LogP contribution in [0, 0.1) is 20.8 Å². The highest BCUT2D eigenvalue weighted by molar-refractivity contribution is 5.87. The zero-order valence-electron chi connectivity index (χ0n) is 12.4. The lowest BCUT2D eigenvalue weighted by Gasteiger charge is -2.14. The maximum Gasteiger partial charge on any atom is 0.411 e. The molecule has 0 saturated heterocycles. The number of amides is 1. The van der Waals surface area contributed by atoms with Crippen LogP contribution in [0.3, 0.4) is 0 Å². The van der Waals surface area contributed by atoms with Crippen molar-refractivity contribution in [2.75, 3.05) is 5.32 Å². The molecule has 4 heteroatoms. The van der Waals surface area contributed by atoms with Gasteiger partial charge >= 0.3 is 6.09 Å². The van der Waals surface area contributed by atoms with Crippen LogP contribution in [0.25, 0.3) is 0 Å². The predicted molar refractivity (Wildman–Crippen MR) is 82.6 cm³/mol. The summed E-state index contributed by atoms with van der Waals surface area (Å²) in [6.07, 6.45) is -0.534. The van der Waals surface area contributed by atoms with Crippen molar-refractivity contribution in [1.29, 1.82) is 0 Å². The summed E-state index contributed by atoms with van der Waals surface area (Å²) in [6, 6.07) is 11.3. The molecule has 4 nitrogen and oxygen atoms in total. The van der Waals surface area contributed by atoms with E-state index in [0.29, 0.717) is 11.3 Å². The standard InChI is InChI=1S/C17H19NO3/c1-11-9-12(2)16(19)13(3)15(11)18-17(20)21-10-14-7-5-4-6-8-14/h4-9,19H,10H2,1-3H3,(H,18,20). The molecule has 0 aliphatic heterocycles. The van der Waals surface area contributed by atoms with Crippen LogP contribution in [-0.4, -0.2) is 11.2 Å². The third kappa shape index (κ3) is 3.54. The van der Waals surface area contributed by atoms with Gasteiger partial charge in [0.25, 0.3) is 0 Å². The molecule has 0 aromatic heterocycles. The Morgan fingerprint density at radius 3 is 2.48 bits per heavy atom. The number of anilines is 1. The first-order chi connectivity index (χ1) is 9.99. The Kier molecular flexibility index (Phi) is 4.48. The molecule has 2 rings (SSSR count). The van der Waals surface area contributed by atoms with Crippen molar-refractivity contribution < 1.29 is 14.6 Å². The van der Waals surface area contributed by atoms with Gasteiger partial charge in [-0.3, -0.25) is 5.32 Å². The number of aryl methyl sites for hydroxylation is 2. The highest BCUT2D eigenvalue weighted by Gasteiger charge is 2.13. The van der Waals surface area contributed by atoms with E-state index in [-0.39, 0.29) is 12.4 Å². The Labute approximate surface area is 124 Å². The maximum atomic E-state index is 11.9. The second-order valence-corrected chi connectivity index (χ2v) is 5.05. The van der Waals surface area contributed by atoms with Crippen molar-refractivity contribution in [1.82, 2.24) is 0 Å². The fourth-order valence-electron chi connectivity index (χ4n) is 2.23. The highest BCUT2D eigenvalue weighted by Crippen LogP contribution is 2.31. The van der Waals surface area contributed by atoms with Crippen LogP contribution in [0.5, 0.6) is 5.75 Å². The van der Waals surface area contributed by atoms with Crippen molar-refractivity contribution in [2.45, 2.75) is 27.4 Å². The summed E-state index contributed by atoms with van der Waals surface area (Å²) in [5.41, 5.74) is 3.83. The van der Waals surface area contributed by atoms with Crippen LogP contribution < -0.4 is 5.32 Å². The molecule has 0 radical (unpaired) electrons. The van der Waals surface area contributed by atoms with Crippen LogP contribution >= 0.6 is 0 Å². The molecular formula is C17H19NO3. The SMILES string of the molecule is Cc1cc(C)c(NC(=O)OCc2ccccc2)c(C)c1O. The number of benzene rings is 2. The number of phenols is 1. The number of carbonyl (C=O) groups is 1. The molecule has 2 aromatic rings. The summed E-state index contributed by atoms with van der Waals surface area (Å²) in [6.45, 7) is 5.68. The molecule has 0 fully saturated rings. The van der Waals surface area contributed by atoms with Crippen molar-refractivity contribution in [2.24, 2.45) is 0 Å². The van der Waals surface area contributed by atoms with Gasteiger partial charge in [0.2, 0.25) is 0 Å². The zero-order chi connectivity index (χ0) is 15.4. The fourth-order valence-corrected chi connectivity index (χ4v) is 2.23. The van der Waals surface area contributed by atoms with Crippen LogP contribution in [0.4, 0.5) is 10.5 Å². The normalized spacial score (nSPS) is 10.2. The number of ether oxygens (including phenoxy) is 1. The van der Waals surface area contributed by atoms with Crippen LogP contribution in [0.2, 0.25) is 0 Å². The lowest BCUT2D eigenvalue weighted by molar-refractivity contribution is 0.155. The van der Waals surface area contributed by atoms with Crippen LogP contribution in [-0.2, 0) is 11.3 Å². The number of rotatable bonds is 3. The molecule has 0 bridgehead atoms. The summed E-state index contributed by atoms with van der Waals surface area (Å²) >= 11 is 0. The molecule has 0 saturated carbocycles. The highest BCUT2D eigenvalue weighted by atomic mass is 16.5. The van der Waals surface area contributed by atoms with E-state index in [4.69, 9.17) is 4.74 Å². The van der Waals surface area contributed by atoms with Gasteiger partial charge in [-0.2, -0.15) is 0 Å². The molecule has 0 aliphatic rings. The van der Waals surface area contributed by atoms with E-state index < -0.39 is 6.09 Å². The minimum atomic E-state index is -0.534. The molecule has 0 atom stereocenters. The quantitative estimate of drug-likeness (QED) is 0.893. The van der Waals surface area contributed by atoms with Gasteiger partial charge in [-0.15, -0.1) is 0 Å². The molecule has 0 heterocycles. The molecule has 2 aromatic carbocycles. The average Bonchev–Trinajstić information content (AvgIpc) is 2.48. The van der Waals surface area contributed by atoms with E-state index in [2.05, 4.69) is 5.32 Å². The summed E-state index contributed by atoms with van der Waals surface area (Å²) in [5, 5.41) is 12.6. The van der Waals surface area contributed by atoms with Gasteiger partial charge in [0, 0.05) is 5.56 Å². The smallest absolute Gasteiger partial charge is 0.411 e. The first-order valence-electron chi connectivity index (χ1n) is 6.76. The molecule has 0 aliphatic carbocycles. The van der Waals surface area contributed by atoms with Crippen molar-refractivity contribution >= 4 is 11.8 Å². The number of carbonyl (C=O) groups excluding carboxylic acids is 1. The summed E-state index contributed by atoms with van der Waals surface area (Å²) in [7, 11) is 0. The summed E-state index contributed by atoms with van der Waals surface area (Å²) in [5.74, 6) is 0.193. The molecular weight excluding hydrogens is 266 g/mol. The molecule has 1 amide bonds. The lowest BCUT2D eigenvalue weighted by Crippen LogP contribution is -2.15. The van der Waals surface area contributed by atoms with Crippen LogP contribution in [0.15, 0.2) is 36.4 Å². The Hall–Kier alpha value is -2.49. The van der Waals surface area contributed by atoms with Crippen molar-refractivity contribution in [3.63, 3.8) is 0 Å². The monoisotopic (exact) mass is 285 g/mol. The largest absolute Gasteiger partial charge is 0.507 e. The summed E-state index contributed by atoms with van der Waals surface area (Å²) in [4.78, 5) is 11.9. The molecule has 110 valence electrons. The summed E-state index contributed by atoms with van der Waals surface area (Å²) < 4.78 is 5.18. The van der Waals surface area contributed by atoms with Crippen LogP contribution in [0.1, 0.15) is 22.3 Å². The third-order valence-corrected chi connectivity index (χ3v) is 3.37. The number of hydrogen-bond acceptors (Lipinski definition) is 3. The molecule has 21 heavy (non-hydrogen) atoms. The van der Waals surface area contributed by atoms with E-state index in [1.54, 1.807) is 6.92 Å². The number of nitrogens with one attached hydrogen (secondary N) is 1. The van der Waals surface area contributed by atoms with Gasteiger partial charge < -0.3 is 9.84 Å². The van der Waals surface area contributed by atoms with E-state index in [1.807, 2.05) is 50.2 Å². The predicted octanol–water partition coefficient (Wildman–Crippen LogP) is 4.07. The Morgan fingerprint density at radius 1 is 1.14 bits per heavy atom. The van der Waals surface area contributed by atoms with Gasteiger partial charge in [-0.05, 0) is 37.5 Å². The van der Waals surface area contributed by atoms with Crippen molar-refractivity contribution in [3.8, 4) is 5.75 Å².